The summed E-state index contributed by atoms with van der Waals surface area (Å²) in [6, 6.07) is 5.61. The van der Waals surface area contributed by atoms with Crippen LogP contribution < -0.4 is 5.32 Å². The van der Waals surface area contributed by atoms with Gasteiger partial charge in [0.15, 0.2) is 5.65 Å². The van der Waals surface area contributed by atoms with E-state index in [1.165, 1.54) is 48.7 Å². The average Bonchev–Trinajstić information content (AvgIpc) is 2.96. The molecule has 0 aliphatic carbocycles. The molecule has 0 saturated heterocycles. The van der Waals surface area contributed by atoms with Crippen LogP contribution in [0.2, 0.25) is 0 Å². The van der Waals surface area contributed by atoms with E-state index >= 15 is 0 Å². The van der Waals surface area contributed by atoms with Crippen LogP contribution in [0.1, 0.15) is 0 Å². The second kappa shape index (κ2) is 5.88. The molecular formula is C13H10FN5OS. The minimum Gasteiger partial charge on any atom is -0.341 e. The maximum absolute atomic E-state index is 12.8. The van der Waals surface area contributed by atoms with Crippen molar-refractivity contribution in [3.05, 3.63) is 42.7 Å². The molecule has 0 radical (unpaired) electrons. The fourth-order valence-electron chi connectivity index (χ4n) is 1.72. The summed E-state index contributed by atoms with van der Waals surface area (Å²) in [5.41, 5.74) is 1.82. The van der Waals surface area contributed by atoms with Crippen molar-refractivity contribution in [3.63, 3.8) is 0 Å². The molecule has 2 aromatic heterocycles. The van der Waals surface area contributed by atoms with Crippen LogP contribution in [0, 0.1) is 5.82 Å². The van der Waals surface area contributed by atoms with E-state index in [0.29, 0.717) is 21.9 Å². The van der Waals surface area contributed by atoms with Crippen molar-refractivity contribution in [2.45, 2.75) is 5.03 Å². The first-order valence-corrected chi connectivity index (χ1v) is 7.03. The number of fused-ring (bicyclic) bond motifs is 1. The van der Waals surface area contributed by atoms with Gasteiger partial charge in [0.1, 0.15) is 22.7 Å². The van der Waals surface area contributed by atoms with Crippen LogP contribution >= 0.6 is 11.8 Å². The minimum atomic E-state index is -0.343. The van der Waals surface area contributed by atoms with Crippen LogP contribution in [0.5, 0.6) is 0 Å². The predicted octanol–water partition coefficient (Wildman–Crippen LogP) is 2.22. The van der Waals surface area contributed by atoms with Crippen LogP contribution in [0.3, 0.4) is 0 Å². The Hall–Kier alpha value is -2.48. The number of benzene rings is 1. The number of H-pyrrole nitrogens is 1. The molecule has 2 heterocycles. The molecule has 8 heteroatoms. The van der Waals surface area contributed by atoms with E-state index in [-0.39, 0.29) is 17.5 Å². The molecular weight excluding hydrogens is 293 g/mol. The molecule has 21 heavy (non-hydrogen) atoms. The zero-order valence-electron chi connectivity index (χ0n) is 10.7. The predicted molar refractivity (Wildman–Crippen MR) is 77.4 cm³/mol. The molecule has 1 amide bonds. The molecule has 2 N–H and O–H groups in total. The van der Waals surface area contributed by atoms with Gasteiger partial charge < -0.3 is 10.3 Å². The van der Waals surface area contributed by atoms with Gasteiger partial charge in [-0.15, -0.1) is 0 Å². The van der Waals surface area contributed by atoms with E-state index in [0.717, 1.165) is 0 Å². The van der Waals surface area contributed by atoms with Crippen LogP contribution in [-0.4, -0.2) is 31.6 Å². The van der Waals surface area contributed by atoms with E-state index in [1.54, 1.807) is 0 Å². The Bertz CT molecular complexity index is 774. The Morgan fingerprint density at radius 2 is 2.05 bits per heavy atom. The molecule has 0 atom stereocenters. The molecule has 0 fully saturated rings. The number of halogens is 1. The molecule has 0 bridgehead atoms. The van der Waals surface area contributed by atoms with Crippen molar-refractivity contribution in [1.29, 1.82) is 0 Å². The zero-order chi connectivity index (χ0) is 14.7. The van der Waals surface area contributed by atoms with E-state index in [2.05, 4.69) is 25.3 Å². The van der Waals surface area contributed by atoms with Gasteiger partial charge in [-0.25, -0.2) is 19.3 Å². The molecule has 106 valence electrons. The Morgan fingerprint density at radius 1 is 1.24 bits per heavy atom. The number of imidazole rings is 1. The van der Waals surface area contributed by atoms with Crippen LogP contribution in [0.15, 0.2) is 41.9 Å². The molecule has 0 spiro atoms. The van der Waals surface area contributed by atoms with E-state index in [1.807, 2.05) is 0 Å². The molecule has 0 aliphatic rings. The van der Waals surface area contributed by atoms with Gasteiger partial charge in [0.25, 0.3) is 0 Å². The SMILES string of the molecule is O=C(CSc1ncnc2nc[nH]c12)Nc1ccc(F)cc1. The summed E-state index contributed by atoms with van der Waals surface area (Å²) in [5.74, 6) is -0.356. The number of aromatic amines is 1. The quantitative estimate of drug-likeness (QED) is 0.570. The van der Waals surface area contributed by atoms with E-state index in [9.17, 15) is 9.18 Å². The normalized spacial score (nSPS) is 10.7. The van der Waals surface area contributed by atoms with Crippen LogP contribution in [0.25, 0.3) is 11.2 Å². The van der Waals surface area contributed by atoms with E-state index < -0.39 is 0 Å². The third-order valence-corrected chi connectivity index (χ3v) is 3.65. The number of amides is 1. The number of carbonyl (C=O) groups excluding carboxylic acids is 1. The maximum atomic E-state index is 12.8. The van der Waals surface area contributed by atoms with Crippen molar-refractivity contribution < 1.29 is 9.18 Å². The Labute approximate surface area is 123 Å². The highest BCUT2D eigenvalue weighted by atomic mass is 32.2. The van der Waals surface area contributed by atoms with Crippen molar-refractivity contribution in [1.82, 2.24) is 19.9 Å². The molecule has 3 aromatic rings. The summed E-state index contributed by atoms with van der Waals surface area (Å²) < 4.78 is 12.8. The fourth-order valence-corrected chi connectivity index (χ4v) is 2.47. The lowest BCUT2D eigenvalue weighted by atomic mass is 10.3. The molecule has 0 saturated carbocycles. The highest BCUT2D eigenvalue weighted by molar-refractivity contribution is 8.00. The number of thioether (sulfide) groups is 1. The number of carbonyl (C=O) groups is 1. The standard InChI is InChI=1S/C13H10FN5OS/c14-8-1-3-9(4-2-8)19-10(20)5-21-13-11-12(16-6-15-11)17-7-18-13/h1-4,6-7H,5H2,(H,19,20)(H,15,16,17,18). The number of aromatic nitrogens is 4. The first kappa shape index (κ1) is 13.5. The van der Waals surface area contributed by atoms with Gasteiger partial charge >= 0.3 is 0 Å². The zero-order valence-corrected chi connectivity index (χ0v) is 11.5. The Morgan fingerprint density at radius 3 is 2.86 bits per heavy atom. The lowest BCUT2D eigenvalue weighted by molar-refractivity contribution is -0.113. The third kappa shape index (κ3) is 3.16. The van der Waals surface area contributed by atoms with Crippen molar-refractivity contribution in [2.24, 2.45) is 0 Å². The van der Waals surface area contributed by atoms with Gasteiger partial charge in [-0.1, -0.05) is 11.8 Å². The monoisotopic (exact) mass is 303 g/mol. The highest BCUT2D eigenvalue weighted by Gasteiger charge is 2.09. The second-order valence-electron chi connectivity index (χ2n) is 4.12. The summed E-state index contributed by atoms with van der Waals surface area (Å²) >= 11 is 1.28. The first-order valence-electron chi connectivity index (χ1n) is 6.04. The fraction of sp³-hybridized carbons (Fsp3) is 0.0769. The maximum Gasteiger partial charge on any atom is 0.234 e. The van der Waals surface area contributed by atoms with Gasteiger partial charge in [0.2, 0.25) is 5.91 Å². The summed E-state index contributed by atoms with van der Waals surface area (Å²) in [6.45, 7) is 0. The summed E-state index contributed by atoms with van der Waals surface area (Å²) in [5, 5.41) is 3.34. The minimum absolute atomic E-state index is 0.183. The Kier molecular flexibility index (Phi) is 3.78. The average molecular weight is 303 g/mol. The summed E-state index contributed by atoms with van der Waals surface area (Å²) in [4.78, 5) is 26.9. The van der Waals surface area contributed by atoms with Crippen LogP contribution in [-0.2, 0) is 4.79 Å². The van der Waals surface area contributed by atoms with Crippen LogP contribution in [0.4, 0.5) is 10.1 Å². The van der Waals surface area contributed by atoms with Crippen molar-refractivity contribution in [3.8, 4) is 0 Å². The second-order valence-corrected chi connectivity index (χ2v) is 5.09. The summed E-state index contributed by atoms with van der Waals surface area (Å²) in [7, 11) is 0. The number of anilines is 1. The van der Waals surface area contributed by atoms with Gasteiger partial charge in [-0.3, -0.25) is 4.79 Å². The van der Waals surface area contributed by atoms with Gasteiger partial charge in [0.05, 0.1) is 12.1 Å². The van der Waals surface area contributed by atoms with Gasteiger partial charge in [0, 0.05) is 5.69 Å². The van der Waals surface area contributed by atoms with Gasteiger partial charge in [-0.2, -0.15) is 0 Å². The van der Waals surface area contributed by atoms with Gasteiger partial charge in [-0.05, 0) is 24.3 Å². The third-order valence-electron chi connectivity index (χ3n) is 2.66. The highest BCUT2D eigenvalue weighted by Crippen LogP contribution is 2.21. The summed E-state index contributed by atoms with van der Waals surface area (Å²) in [6.07, 6.45) is 2.94. The molecule has 6 nitrogen and oxygen atoms in total. The lowest BCUT2D eigenvalue weighted by Gasteiger charge is -2.05. The van der Waals surface area contributed by atoms with Crippen molar-refractivity contribution in [2.75, 3.05) is 11.1 Å². The smallest absolute Gasteiger partial charge is 0.234 e. The molecule has 0 aliphatic heterocycles. The van der Waals surface area contributed by atoms with E-state index in [4.69, 9.17) is 0 Å². The Balaban J connectivity index is 1.63. The largest absolute Gasteiger partial charge is 0.341 e. The number of nitrogens with zero attached hydrogens (tertiary/aromatic N) is 3. The molecule has 0 unspecified atom stereocenters. The number of hydrogen-bond donors (Lipinski definition) is 2. The lowest BCUT2D eigenvalue weighted by Crippen LogP contribution is -2.14. The number of nitrogens with one attached hydrogen (secondary N) is 2. The topological polar surface area (TPSA) is 83.6 Å². The molecule has 1 aromatic carbocycles. The number of rotatable bonds is 4. The van der Waals surface area contributed by atoms with Crippen molar-refractivity contribution >= 4 is 34.5 Å². The number of hydrogen-bond acceptors (Lipinski definition) is 5. The first-order chi connectivity index (χ1) is 10.2. The molecule has 3 rings (SSSR count).